The number of carbonyl (C=O) groups excluding carboxylic acids is 1. The highest BCUT2D eigenvalue weighted by Crippen LogP contribution is 2.62. The van der Waals surface area contributed by atoms with Crippen LogP contribution in [0.5, 0.6) is 5.75 Å². The number of fused-ring (bicyclic) bond motifs is 2. The molecule has 3 fully saturated rings. The summed E-state index contributed by atoms with van der Waals surface area (Å²) in [5, 5.41) is 33.8. The predicted octanol–water partition coefficient (Wildman–Crippen LogP) is 0.649. The van der Waals surface area contributed by atoms with Crippen LogP contribution >= 0.6 is 0 Å². The molecule has 7 atom stereocenters. The number of nitrogens with zero attached hydrogens (tertiary/aromatic N) is 1. The number of para-hydroxylation sites is 1. The Bertz CT molecular complexity index is 1100. The van der Waals surface area contributed by atoms with Crippen LogP contribution in [0.1, 0.15) is 25.3 Å². The van der Waals surface area contributed by atoms with Crippen molar-refractivity contribution in [2.45, 2.75) is 55.8 Å². The largest absolute Gasteiger partial charge is 0.466 e. The lowest BCUT2D eigenvalue weighted by Gasteiger charge is -2.48. The third-order valence-electron chi connectivity index (χ3n) is 8.39. The monoisotopic (exact) mass is 470 g/mol. The van der Waals surface area contributed by atoms with Crippen LogP contribution in [0.25, 0.3) is 0 Å². The maximum Gasteiger partial charge on any atom is 0.336 e. The number of benzene rings is 1. The fraction of sp³-hybridized carbons (Fsp3) is 0.560. The summed E-state index contributed by atoms with van der Waals surface area (Å²) >= 11 is 0. The average Bonchev–Trinajstić information content (AvgIpc) is 3.41. The van der Waals surface area contributed by atoms with Gasteiger partial charge in [-0.05, 0) is 31.4 Å². The summed E-state index contributed by atoms with van der Waals surface area (Å²) in [5.41, 5.74) is 4.24. The molecule has 2 bridgehead atoms. The van der Waals surface area contributed by atoms with Gasteiger partial charge in [-0.25, -0.2) is 4.79 Å². The molecule has 1 spiro atoms. The molecular weight excluding hydrogens is 440 g/mol. The minimum atomic E-state index is -1.40. The zero-order valence-electron chi connectivity index (χ0n) is 19.2. The number of aliphatic hydroxyl groups excluding tert-OH is 3. The molecule has 1 aromatic carbocycles. The van der Waals surface area contributed by atoms with Gasteiger partial charge in [0.05, 0.1) is 30.4 Å². The van der Waals surface area contributed by atoms with Gasteiger partial charge in [0.2, 0.25) is 6.29 Å². The molecule has 1 aromatic rings. The summed E-state index contributed by atoms with van der Waals surface area (Å²) in [4.78, 5) is 15.6. The lowest BCUT2D eigenvalue weighted by molar-refractivity contribution is -0.241. The van der Waals surface area contributed by atoms with Gasteiger partial charge in [0.25, 0.3) is 0 Å². The maximum atomic E-state index is 13.1. The van der Waals surface area contributed by atoms with Gasteiger partial charge in [0, 0.05) is 30.7 Å². The number of methoxy groups -OCH3 is 1. The van der Waals surface area contributed by atoms with E-state index in [1.807, 2.05) is 13.0 Å². The summed E-state index contributed by atoms with van der Waals surface area (Å²) in [6.45, 7) is 3.65. The average molecular weight is 471 g/mol. The van der Waals surface area contributed by atoms with Crippen LogP contribution in [0.2, 0.25) is 0 Å². The molecule has 0 unspecified atom stereocenters. The van der Waals surface area contributed by atoms with Crippen LogP contribution in [-0.2, 0) is 19.7 Å². The second-order valence-corrected chi connectivity index (χ2v) is 9.81. The number of ether oxygens (including phenoxy) is 3. The van der Waals surface area contributed by atoms with Gasteiger partial charge >= 0.3 is 5.97 Å². The first kappa shape index (κ1) is 22.1. The number of allylic oxidation sites excluding steroid dienone is 1. The highest BCUT2D eigenvalue weighted by molar-refractivity contribution is 5.95. The second-order valence-electron chi connectivity index (χ2n) is 9.81. The van der Waals surface area contributed by atoms with E-state index in [2.05, 4.69) is 22.4 Å². The smallest absolute Gasteiger partial charge is 0.336 e. The van der Waals surface area contributed by atoms with Crippen LogP contribution in [-0.4, -0.2) is 83.6 Å². The highest BCUT2D eigenvalue weighted by atomic mass is 16.7. The Labute approximate surface area is 197 Å². The Kier molecular flexibility index (Phi) is 5.06. The third-order valence-corrected chi connectivity index (χ3v) is 8.39. The van der Waals surface area contributed by atoms with E-state index in [-0.39, 0.29) is 30.0 Å². The van der Waals surface area contributed by atoms with Crippen LogP contribution < -0.4 is 10.1 Å². The van der Waals surface area contributed by atoms with E-state index in [1.54, 1.807) is 6.07 Å². The van der Waals surface area contributed by atoms with Gasteiger partial charge in [-0.15, -0.1) is 0 Å². The van der Waals surface area contributed by atoms with Crippen molar-refractivity contribution in [1.82, 2.24) is 4.90 Å². The number of aliphatic hydroxyl groups is 3. The first-order valence-electron chi connectivity index (χ1n) is 11.9. The molecule has 4 N–H and O–H groups in total. The molecule has 3 saturated heterocycles. The zero-order chi connectivity index (χ0) is 23.8. The Balaban J connectivity index is 1.46. The Morgan fingerprint density at radius 2 is 2.12 bits per heavy atom. The van der Waals surface area contributed by atoms with Crippen LogP contribution in [0.4, 0.5) is 5.69 Å². The lowest BCUT2D eigenvalue weighted by Crippen LogP contribution is -2.54. The van der Waals surface area contributed by atoms with E-state index in [0.717, 1.165) is 42.9 Å². The minimum absolute atomic E-state index is 0.00578. The Hall–Kier alpha value is -2.43. The first-order valence-corrected chi connectivity index (χ1v) is 11.9. The van der Waals surface area contributed by atoms with Crippen molar-refractivity contribution in [3.05, 3.63) is 46.7 Å². The number of nitrogens with one attached hydrogen (secondary N) is 1. The van der Waals surface area contributed by atoms with Crippen molar-refractivity contribution in [3.63, 3.8) is 0 Å². The number of esters is 1. The van der Waals surface area contributed by atoms with Gasteiger partial charge in [-0.1, -0.05) is 23.8 Å². The maximum absolute atomic E-state index is 13.1. The van der Waals surface area contributed by atoms with Crippen LogP contribution in [0.3, 0.4) is 0 Å². The molecule has 0 aromatic heterocycles. The Morgan fingerprint density at radius 1 is 1.29 bits per heavy atom. The lowest BCUT2D eigenvalue weighted by atomic mass is 9.62. The van der Waals surface area contributed by atoms with Crippen molar-refractivity contribution < 1.29 is 34.3 Å². The number of carbonyl (C=O) groups is 1. The van der Waals surface area contributed by atoms with E-state index in [4.69, 9.17) is 14.2 Å². The molecule has 4 aliphatic heterocycles. The number of rotatable bonds is 3. The molecule has 0 saturated carbocycles. The standard InChI is InChI=1S/C25H30N2O7/c1-3-12-10-27-8-7-25-14-5-4-6-16(34-24-21(30)20(29)15(28)11-33-24)19(14)26-22(25)18(23(31)32-2)13(12)9-17(25)27/h3-6,13,15,17,20-21,24,26,28-30H,7-11H2,1-2H3/t13-,15+,17-,20-,21+,24-,25+/m0/s1. The molecule has 9 nitrogen and oxygen atoms in total. The third kappa shape index (κ3) is 2.82. The van der Waals surface area contributed by atoms with E-state index in [0.29, 0.717) is 11.3 Å². The summed E-state index contributed by atoms with van der Waals surface area (Å²) in [5.74, 6) is 0.152. The summed E-state index contributed by atoms with van der Waals surface area (Å²) in [6, 6.07) is 6.01. The highest BCUT2D eigenvalue weighted by Gasteiger charge is 2.62. The summed E-state index contributed by atoms with van der Waals surface area (Å²) in [6.07, 6.45) is -1.22. The van der Waals surface area contributed by atoms with E-state index in [9.17, 15) is 20.1 Å². The molecule has 182 valence electrons. The van der Waals surface area contributed by atoms with Crippen molar-refractivity contribution in [2.75, 3.05) is 32.1 Å². The molecule has 0 amide bonds. The summed E-state index contributed by atoms with van der Waals surface area (Å²) < 4.78 is 16.8. The number of hydrogen-bond acceptors (Lipinski definition) is 9. The topological polar surface area (TPSA) is 121 Å². The second kappa shape index (κ2) is 7.79. The van der Waals surface area contributed by atoms with Gasteiger partial charge < -0.3 is 34.8 Å². The first-order chi connectivity index (χ1) is 16.4. The number of piperidine rings is 1. The molecule has 34 heavy (non-hydrogen) atoms. The van der Waals surface area contributed by atoms with Crippen molar-refractivity contribution in [3.8, 4) is 5.75 Å². The van der Waals surface area contributed by atoms with E-state index in [1.165, 1.54) is 12.7 Å². The molecule has 0 radical (unpaired) electrons. The van der Waals surface area contributed by atoms with Gasteiger partial charge in [-0.2, -0.15) is 0 Å². The van der Waals surface area contributed by atoms with Crippen molar-refractivity contribution in [2.24, 2.45) is 5.92 Å². The van der Waals surface area contributed by atoms with Crippen LogP contribution in [0, 0.1) is 5.92 Å². The quantitative estimate of drug-likeness (QED) is 0.373. The van der Waals surface area contributed by atoms with Gasteiger partial charge in [0.1, 0.15) is 24.1 Å². The Morgan fingerprint density at radius 3 is 2.88 bits per heavy atom. The molecule has 1 aliphatic carbocycles. The van der Waals surface area contributed by atoms with Crippen molar-refractivity contribution >= 4 is 11.7 Å². The van der Waals surface area contributed by atoms with E-state index < -0.39 is 24.6 Å². The van der Waals surface area contributed by atoms with Gasteiger partial charge in [-0.3, -0.25) is 4.90 Å². The summed E-state index contributed by atoms with van der Waals surface area (Å²) in [7, 11) is 1.42. The fourth-order valence-corrected chi connectivity index (χ4v) is 6.76. The minimum Gasteiger partial charge on any atom is -0.466 e. The number of hydrogen-bond donors (Lipinski definition) is 4. The predicted molar refractivity (Wildman–Crippen MR) is 121 cm³/mol. The molecule has 4 heterocycles. The fourth-order valence-electron chi connectivity index (χ4n) is 6.76. The molecule has 5 aliphatic rings. The zero-order valence-corrected chi connectivity index (χ0v) is 19.2. The number of anilines is 1. The van der Waals surface area contributed by atoms with Gasteiger partial charge in [0.15, 0.2) is 0 Å². The molecule has 6 rings (SSSR count). The normalized spacial score (nSPS) is 39.5. The van der Waals surface area contributed by atoms with Crippen molar-refractivity contribution in [1.29, 1.82) is 0 Å². The SMILES string of the molecule is CC=C1CN2CC[C@]34C(=C(C(=O)OC)[C@H]1C[C@H]23)Nc1c(O[C@@H]2OC[C@@H](O)[C@H](O)[C@H]2O)cccc14. The molecular formula is C25H30N2O7. The van der Waals surface area contributed by atoms with Crippen LogP contribution in [0.15, 0.2) is 41.1 Å². The molecule has 9 heteroatoms. The van der Waals surface area contributed by atoms with E-state index >= 15 is 0 Å².